The van der Waals surface area contributed by atoms with Crippen molar-refractivity contribution in [2.24, 2.45) is 4.99 Å². The van der Waals surface area contributed by atoms with Gasteiger partial charge in [-0.1, -0.05) is 56.1 Å². The van der Waals surface area contributed by atoms with Crippen molar-refractivity contribution in [3.8, 4) is 0 Å². The fourth-order valence-electron chi connectivity index (χ4n) is 5.01. The summed E-state index contributed by atoms with van der Waals surface area (Å²) in [7, 11) is 0. The van der Waals surface area contributed by atoms with E-state index in [-0.39, 0.29) is 35.3 Å². The molecule has 0 bridgehead atoms. The fourth-order valence-corrected chi connectivity index (χ4v) is 5.89. The topological polar surface area (TPSA) is 138 Å². The molecule has 4 amide bonds. The van der Waals surface area contributed by atoms with Gasteiger partial charge in [0, 0.05) is 40.2 Å². The molecule has 2 spiro atoms. The SMILES string of the molecule is O=C1CCC(=O)N1Br.O=C1NC2(CCOC2)N=C1c1ccc(Br)cc1.O=C1NC2(CCOC2)NC1c1ccc(Br)cc1. The minimum atomic E-state index is -0.514. The highest BCUT2D eigenvalue weighted by molar-refractivity contribution is 9.10. The van der Waals surface area contributed by atoms with Gasteiger partial charge in [-0.3, -0.25) is 24.5 Å². The summed E-state index contributed by atoms with van der Waals surface area (Å²) >= 11 is 9.56. The normalized spacial score (nSPS) is 27.9. The van der Waals surface area contributed by atoms with Crippen molar-refractivity contribution in [1.82, 2.24) is 19.9 Å². The molecular weight excluding hydrogens is 742 g/mol. The minimum absolute atomic E-state index is 0.0258. The number of halogens is 3. The molecule has 0 saturated carbocycles. The van der Waals surface area contributed by atoms with E-state index >= 15 is 0 Å². The highest BCUT2D eigenvalue weighted by atomic mass is 79.9. The van der Waals surface area contributed by atoms with Gasteiger partial charge in [0.2, 0.25) is 17.7 Å². The number of carbonyl (C=O) groups excluding carboxylic acids is 4. The van der Waals surface area contributed by atoms with E-state index in [1.54, 1.807) is 0 Å². The van der Waals surface area contributed by atoms with Crippen LogP contribution in [-0.4, -0.2) is 71.0 Å². The highest BCUT2D eigenvalue weighted by Crippen LogP contribution is 2.29. The lowest BCUT2D eigenvalue weighted by Crippen LogP contribution is -2.50. The van der Waals surface area contributed by atoms with Gasteiger partial charge in [0.25, 0.3) is 5.91 Å². The predicted molar refractivity (Wildman–Crippen MR) is 163 cm³/mol. The van der Waals surface area contributed by atoms with Gasteiger partial charge in [-0.25, -0.2) is 8.92 Å². The molecule has 42 heavy (non-hydrogen) atoms. The van der Waals surface area contributed by atoms with E-state index in [0.29, 0.717) is 45.0 Å². The zero-order valence-electron chi connectivity index (χ0n) is 22.3. The number of aliphatic imine (C=N–C) groups is 1. The lowest BCUT2D eigenvalue weighted by molar-refractivity contribution is -0.131. The van der Waals surface area contributed by atoms with Crippen LogP contribution in [0.25, 0.3) is 0 Å². The molecule has 14 heteroatoms. The molecule has 3 unspecified atom stereocenters. The Labute approximate surface area is 267 Å². The Morgan fingerprint density at radius 3 is 1.93 bits per heavy atom. The van der Waals surface area contributed by atoms with Gasteiger partial charge < -0.3 is 20.1 Å². The number of benzene rings is 2. The number of nitrogens with zero attached hydrogens (tertiary/aromatic N) is 2. The van der Waals surface area contributed by atoms with Gasteiger partial charge in [-0.05, 0) is 29.8 Å². The first-order valence-electron chi connectivity index (χ1n) is 13.3. The van der Waals surface area contributed by atoms with Crippen LogP contribution in [0.1, 0.15) is 42.9 Å². The maximum Gasteiger partial charge on any atom is 0.272 e. The second-order valence-corrected chi connectivity index (χ2v) is 12.9. The van der Waals surface area contributed by atoms with Crippen molar-refractivity contribution < 1.29 is 28.7 Å². The quantitative estimate of drug-likeness (QED) is 0.315. The number of hydrogen-bond acceptors (Lipinski definition) is 8. The molecule has 2 aromatic rings. The van der Waals surface area contributed by atoms with Crippen LogP contribution >= 0.6 is 48.0 Å². The van der Waals surface area contributed by atoms with E-state index in [1.807, 2.05) is 48.5 Å². The molecule has 0 aliphatic carbocycles. The summed E-state index contributed by atoms with van der Waals surface area (Å²) in [5.41, 5.74) is 1.46. The maximum absolute atomic E-state index is 12.0. The first-order valence-corrected chi connectivity index (χ1v) is 15.6. The average Bonchev–Trinajstić information content (AvgIpc) is 3.81. The van der Waals surface area contributed by atoms with Crippen molar-refractivity contribution in [3.05, 3.63) is 68.6 Å². The van der Waals surface area contributed by atoms with Gasteiger partial charge >= 0.3 is 0 Å². The molecule has 11 nitrogen and oxygen atoms in total. The molecule has 0 aromatic heterocycles. The maximum atomic E-state index is 12.0. The predicted octanol–water partition coefficient (Wildman–Crippen LogP) is 3.26. The van der Waals surface area contributed by atoms with E-state index in [2.05, 4.69) is 68.9 Å². The molecule has 2 aromatic carbocycles. The standard InChI is InChI=1S/C12H13BrN2O2.C12H11BrN2O2.C4H4BrNO2/c2*13-9-3-1-8(2-4-9)10-11(16)15-12(14-10)5-6-17-7-12;5-6-3(7)1-2-4(6)8/h1-4,10,14H,5-7H2,(H,15,16);1-4H,5-7H2,(H,15,16);1-2H2. The molecule has 5 aliphatic rings. The lowest BCUT2D eigenvalue weighted by Gasteiger charge is -2.21. The van der Waals surface area contributed by atoms with E-state index < -0.39 is 5.66 Å². The van der Waals surface area contributed by atoms with Gasteiger partial charge in [0.1, 0.15) is 17.4 Å². The van der Waals surface area contributed by atoms with Crippen LogP contribution in [0.2, 0.25) is 0 Å². The van der Waals surface area contributed by atoms with Crippen LogP contribution < -0.4 is 16.0 Å². The van der Waals surface area contributed by atoms with E-state index in [0.717, 1.165) is 36.8 Å². The summed E-state index contributed by atoms with van der Waals surface area (Å²) in [4.78, 5) is 49.3. The number of imide groups is 1. The van der Waals surface area contributed by atoms with Crippen LogP contribution in [0.5, 0.6) is 0 Å². The summed E-state index contributed by atoms with van der Waals surface area (Å²) in [5, 5.41) is 9.27. The van der Waals surface area contributed by atoms with Crippen LogP contribution in [0, 0.1) is 0 Å². The van der Waals surface area contributed by atoms with Gasteiger partial charge in [0.15, 0.2) is 5.66 Å². The Balaban J connectivity index is 0.000000135. The smallest absolute Gasteiger partial charge is 0.272 e. The van der Waals surface area contributed by atoms with Gasteiger partial charge in [-0.15, -0.1) is 0 Å². The third-order valence-corrected chi connectivity index (χ3v) is 9.11. The Morgan fingerprint density at radius 1 is 0.810 bits per heavy atom. The first kappa shape index (κ1) is 31.0. The van der Waals surface area contributed by atoms with Crippen LogP contribution in [0.15, 0.2) is 62.5 Å². The second kappa shape index (κ2) is 13.0. The largest absolute Gasteiger partial charge is 0.377 e. The van der Waals surface area contributed by atoms with Gasteiger partial charge in [0.05, 0.1) is 42.6 Å². The van der Waals surface area contributed by atoms with Crippen molar-refractivity contribution in [2.45, 2.75) is 43.1 Å². The number of rotatable bonds is 2. The number of ether oxygens (including phenoxy) is 2. The first-order chi connectivity index (χ1) is 20.1. The molecule has 4 saturated heterocycles. The summed E-state index contributed by atoms with van der Waals surface area (Å²) in [6.07, 6.45) is 2.28. The Bertz CT molecular complexity index is 1370. The third kappa shape index (κ3) is 7.00. The minimum Gasteiger partial charge on any atom is -0.377 e. The number of carbonyl (C=O) groups is 4. The van der Waals surface area contributed by atoms with Crippen molar-refractivity contribution >= 4 is 77.3 Å². The average molecular weight is 770 g/mol. The molecule has 4 fully saturated rings. The Kier molecular flexibility index (Phi) is 9.59. The van der Waals surface area contributed by atoms with Crippen molar-refractivity contribution in [1.29, 1.82) is 0 Å². The van der Waals surface area contributed by atoms with Gasteiger partial charge in [-0.2, -0.15) is 0 Å². The molecule has 0 radical (unpaired) electrons. The third-order valence-electron chi connectivity index (χ3n) is 7.27. The van der Waals surface area contributed by atoms with Crippen LogP contribution in [0.3, 0.4) is 0 Å². The molecule has 5 aliphatic heterocycles. The fraction of sp³-hybridized carbons (Fsp3) is 0.393. The Morgan fingerprint density at radius 2 is 1.40 bits per heavy atom. The Hall–Kier alpha value is -2.49. The number of amides is 4. The molecule has 7 rings (SSSR count). The number of hydrogen-bond donors (Lipinski definition) is 3. The van der Waals surface area contributed by atoms with E-state index in [9.17, 15) is 19.2 Å². The summed E-state index contributed by atoms with van der Waals surface area (Å²) in [5.74, 6) is -0.374. The van der Waals surface area contributed by atoms with E-state index in [4.69, 9.17) is 9.47 Å². The van der Waals surface area contributed by atoms with Crippen LogP contribution in [0.4, 0.5) is 0 Å². The van der Waals surface area contributed by atoms with Crippen LogP contribution in [-0.2, 0) is 28.7 Å². The summed E-state index contributed by atoms with van der Waals surface area (Å²) in [6, 6.07) is 15.1. The molecule has 3 N–H and O–H groups in total. The highest BCUT2D eigenvalue weighted by Gasteiger charge is 2.46. The molecule has 5 heterocycles. The zero-order chi connectivity index (χ0) is 29.9. The molecule has 222 valence electrons. The molecular formula is C28H28Br3N5O6. The monoisotopic (exact) mass is 767 g/mol. The summed E-state index contributed by atoms with van der Waals surface area (Å²) < 4.78 is 13.6. The zero-order valence-corrected chi connectivity index (χ0v) is 27.1. The number of nitrogens with one attached hydrogen (secondary N) is 3. The lowest BCUT2D eigenvalue weighted by atomic mass is 10.1. The second-order valence-electron chi connectivity index (χ2n) is 10.3. The van der Waals surface area contributed by atoms with E-state index in [1.165, 1.54) is 0 Å². The van der Waals surface area contributed by atoms with Crippen molar-refractivity contribution in [3.63, 3.8) is 0 Å². The summed E-state index contributed by atoms with van der Waals surface area (Å²) in [6.45, 7) is 2.36. The molecule has 3 atom stereocenters. The van der Waals surface area contributed by atoms with Crippen molar-refractivity contribution in [2.75, 3.05) is 26.4 Å².